The molecule has 1 aromatic carbocycles. The highest BCUT2D eigenvalue weighted by atomic mass is 16.6. The van der Waals surface area contributed by atoms with E-state index in [0.717, 1.165) is 0 Å². The van der Waals surface area contributed by atoms with Gasteiger partial charge < -0.3 is 10.2 Å². The molecule has 0 saturated carbocycles. The predicted octanol–water partition coefficient (Wildman–Crippen LogP) is 1.69. The van der Waals surface area contributed by atoms with Crippen LogP contribution in [-0.2, 0) is 6.61 Å². The third kappa shape index (κ3) is 4.67. The minimum atomic E-state index is -1.21. The zero-order valence-electron chi connectivity index (χ0n) is 11.8. The molecule has 24 heavy (non-hydrogen) atoms. The standard InChI is InChI=1S/C6H3N3O7.C6H7NO/c10-6-4(8(13)14)1-3(7(11)12)2-5(6)9(15)16;8-5-6-3-1-2-4-7-6/h1-2,10H;1-4,8H,5H2. The number of non-ortho nitro benzene ring substituents is 1. The monoisotopic (exact) mass is 338 g/mol. The summed E-state index contributed by atoms with van der Waals surface area (Å²) < 4.78 is 0. The van der Waals surface area contributed by atoms with Gasteiger partial charge in [0.25, 0.3) is 11.4 Å². The molecule has 0 unspecified atom stereocenters. The first kappa shape index (κ1) is 18.4. The third-order valence-corrected chi connectivity index (χ3v) is 2.55. The second kappa shape index (κ2) is 8.09. The molecule has 2 rings (SSSR count). The number of aromatic nitrogens is 1. The minimum Gasteiger partial charge on any atom is -0.497 e. The van der Waals surface area contributed by atoms with Crippen LogP contribution >= 0.6 is 0 Å². The van der Waals surface area contributed by atoms with E-state index in [4.69, 9.17) is 10.2 Å². The zero-order valence-corrected chi connectivity index (χ0v) is 11.8. The van der Waals surface area contributed by atoms with Crippen molar-refractivity contribution < 1.29 is 25.0 Å². The molecule has 0 bridgehead atoms. The summed E-state index contributed by atoms with van der Waals surface area (Å²) in [5.41, 5.74) is -2.29. The van der Waals surface area contributed by atoms with Gasteiger partial charge in [0, 0.05) is 6.20 Å². The first-order valence-corrected chi connectivity index (χ1v) is 6.08. The van der Waals surface area contributed by atoms with Gasteiger partial charge in [0.05, 0.1) is 39.2 Å². The summed E-state index contributed by atoms with van der Waals surface area (Å²) in [6.07, 6.45) is 1.66. The van der Waals surface area contributed by atoms with E-state index in [1.165, 1.54) is 0 Å². The number of phenols is 1. The Morgan fingerprint density at radius 1 is 0.958 bits per heavy atom. The van der Waals surface area contributed by atoms with Crippen LogP contribution in [0.4, 0.5) is 17.1 Å². The molecule has 0 aliphatic heterocycles. The topological polar surface area (TPSA) is 183 Å². The number of aliphatic hydroxyl groups excluding tert-OH is 1. The highest BCUT2D eigenvalue weighted by Crippen LogP contribution is 2.38. The number of pyridine rings is 1. The van der Waals surface area contributed by atoms with Crippen molar-refractivity contribution in [1.29, 1.82) is 0 Å². The molecular formula is C12H10N4O8. The molecule has 0 atom stereocenters. The van der Waals surface area contributed by atoms with Gasteiger partial charge in [-0.2, -0.15) is 0 Å². The lowest BCUT2D eigenvalue weighted by atomic mass is 10.2. The van der Waals surface area contributed by atoms with Crippen molar-refractivity contribution in [3.63, 3.8) is 0 Å². The molecule has 12 heteroatoms. The van der Waals surface area contributed by atoms with E-state index in [9.17, 15) is 30.3 Å². The van der Waals surface area contributed by atoms with Crippen molar-refractivity contribution >= 4 is 17.1 Å². The summed E-state index contributed by atoms with van der Waals surface area (Å²) in [5, 5.41) is 48.7. The summed E-state index contributed by atoms with van der Waals surface area (Å²) in [7, 11) is 0. The first-order chi connectivity index (χ1) is 11.3. The molecule has 126 valence electrons. The molecule has 0 spiro atoms. The van der Waals surface area contributed by atoms with Gasteiger partial charge in [-0.15, -0.1) is 0 Å². The molecule has 2 N–H and O–H groups in total. The number of phenolic OH excluding ortho intramolecular Hbond substituents is 1. The number of rotatable bonds is 4. The third-order valence-electron chi connectivity index (χ3n) is 2.55. The maximum atomic E-state index is 10.4. The lowest BCUT2D eigenvalue weighted by molar-refractivity contribution is -0.404. The normalized spacial score (nSPS) is 9.54. The molecule has 0 saturated heterocycles. The van der Waals surface area contributed by atoms with E-state index in [-0.39, 0.29) is 6.61 Å². The fourth-order valence-electron chi connectivity index (χ4n) is 1.47. The SMILES string of the molecule is O=[N+]([O-])c1cc([N+](=O)[O-])c(O)c([N+](=O)[O-])c1.OCc1ccccn1. The van der Waals surface area contributed by atoms with Crippen LogP contribution in [0, 0.1) is 30.3 Å². The largest absolute Gasteiger partial charge is 0.497 e. The summed E-state index contributed by atoms with van der Waals surface area (Å²) in [4.78, 5) is 31.6. The average molecular weight is 338 g/mol. The molecule has 2 aromatic rings. The summed E-state index contributed by atoms with van der Waals surface area (Å²) >= 11 is 0. The number of benzene rings is 1. The van der Waals surface area contributed by atoms with E-state index in [0.29, 0.717) is 17.8 Å². The lowest BCUT2D eigenvalue weighted by Crippen LogP contribution is -1.97. The Morgan fingerprint density at radius 3 is 1.79 bits per heavy atom. The second-order valence-corrected chi connectivity index (χ2v) is 4.08. The zero-order chi connectivity index (χ0) is 18.3. The van der Waals surface area contributed by atoms with Gasteiger partial charge in [0.15, 0.2) is 0 Å². The number of nitro groups is 3. The average Bonchev–Trinajstić information content (AvgIpc) is 2.55. The van der Waals surface area contributed by atoms with Crippen LogP contribution in [0.2, 0.25) is 0 Å². The molecule has 0 aliphatic rings. The van der Waals surface area contributed by atoms with Crippen molar-refractivity contribution in [1.82, 2.24) is 4.98 Å². The van der Waals surface area contributed by atoms with Crippen molar-refractivity contribution in [2.45, 2.75) is 6.61 Å². The number of hydrogen-bond acceptors (Lipinski definition) is 9. The van der Waals surface area contributed by atoms with E-state index >= 15 is 0 Å². The number of nitrogens with zero attached hydrogens (tertiary/aromatic N) is 4. The van der Waals surface area contributed by atoms with Crippen LogP contribution in [0.3, 0.4) is 0 Å². The van der Waals surface area contributed by atoms with E-state index in [2.05, 4.69) is 4.98 Å². The van der Waals surface area contributed by atoms with Crippen LogP contribution in [-0.4, -0.2) is 30.0 Å². The van der Waals surface area contributed by atoms with Crippen molar-refractivity contribution in [2.75, 3.05) is 0 Å². The Bertz CT molecular complexity index is 730. The fraction of sp³-hybridized carbons (Fsp3) is 0.0833. The van der Waals surface area contributed by atoms with Crippen LogP contribution in [0.25, 0.3) is 0 Å². The Balaban J connectivity index is 0.000000300. The van der Waals surface area contributed by atoms with E-state index in [1.54, 1.807) is 12.3 Å². The quantitative estimate of drug-likeness (QED) is 0.618. The van der Waals surface area contributed by atoms with Gasteiger partial charge >= 0.3 is 11.4 Å². The molecule has 1 aromatic heterocycles. The van der Waals surface area contributed by atoms with Crippen molar-refractivity contribution in [3.05, 3.63) is 72.6 Å². The van der Waals surface area contributed by atoms with Crippen LogP contribution in [0.15, 0.2) is 36.5 Å². The number of hydrogen-bond donors (Lipinski definition) is 2. The number of nitro benzene ring substituents is 3. The summed E-state index contributed by atoms with van der Waals surface area (Å²) in [6.45, 7) is 0.0286. The fourth-order valence-corrected chi connectivity index (χ4v) is 1.47. The van der Waals surface area contributed by atoms with E-state index < -0.39 is 37.6 Å². The van der Waals surface area contributed by atoms with Gasteiger partial charge in [-0.25, -0.2) is 0 Å². The maximum Gasteiger partial charge on any atom is 0.324 e. The van der Waals surface area contributed by atoms with Gasteiger partial charge in [-0.05, 0) is 12.1 Å². The Labute approximate surface area is 133 Å². The van der Waals surface area contributed by atoms with Crippen molar-refractivity contribution in [2.24, 2.45) is 0 Å². The highest BCUT2D eigenvalue weighted by molar-refractivity contribution is 5.64. The molecular weight excluding hydrogens is 328 g/mol. The molecule has 0 aliphatic carbocycles. The van der Waals surface area contributed by atoms with E-state index in [1.807, 2.05) is 12.1 Å². The smallest absolute Gasteiger partial charge is 0.324 e. The van der Waals surface area contributed by atoms with Crippen LogP contribution in [0.1, 0.15) is 5.69 Å². The Kier molecular flexibility index (Phi) is 6.20. The number of aromatic hydroxyl groups is 1. The minimum absolute atomic E-state index is 0.0286. The predicted molar refractivity (Wildman–Crippen MR) is 78.2 cm³/mol. The Morgan fingerprint density at radius 2 is 1.50 bits per heavy atom. The molecule has 12 nitrogen and oxygen atoms in total. The number of aliphatic hydroxyl groups is 1. The van der Waals surface area contributed by atoms with Gasteiger partial charge in [-0.1, -0.05) is 6.07 Å². The van der Waals surface area contributed by atoms with Crippen molar-refractivity contribution in [3.8, 4) is 5.75 Å². The summed E-state index contributed by atoms with van der Waals surface area (Å²) in [5.74, 6) is -1.21. The Hall–Kier alpha value is -3.67. The lowest BCUT2D eigenvalue weighted by Gasteiger charge is -1.97. The van der Waals surface area contributed by atoms with Crippen LogP contribution in [0.5, 0.6) is 5.75 Å². The molecule has 1 heterocycles. The highest BCUT2D eigenvalue weighted by Gasteiger charge is 2.30. The van der Waals surface area contributed by atoms with Crippen LogP contribution < -0.4 is 0 Å². The second-order valence-electron chi connectivity index (χ2n) is 4.08. The molecule has 0 amide bonds. The van der Waals surface area contributed by atoms with Gasteiger partial charge in [0.2, 0.25) is 0 Å². The van der Waals surface area contributed by atoms with Gasteiger partial charge in [-0.3, -0.25) is 35.3 Å². The van der Waals surface area contributed by atoms with Gasteiger partial charge in [0.1, 0.15) is 0 Å². The molecule has 0 fully saturated rings. The maximum absolute atomic E-state index is 10.4. The first-order valence-electron chi connectivity index (χ1n) is 6.08. The molecule has 0 radical (unpaired) electrons. The summed E-state index contributed by atoms with van der Waals surface area (Å²) in [6, 6.07) is 6.34.